The number of nitrogens with zero attached hydrogens (tertiary/aromatic N) is 2. The number of halogens is 1. The molecule has 0 unspecified atom stereocenters. The highest BCUT2D eigenvalue weighted by molar-refractivity contribution is 6.39. The average molecular weight is 279 g/mol. The Hall–Kier alpha value is -2.28. The minimum atomic E-state index is -0.468. The molecule has 2 rings (SSSR count). The summed E-state index contributed by atoms with van der Waals surface area (Å²) in [5.74, 6) is -0.991. The van der Waals surface area contributed by atoms with Gasteiger partial charge in [0.05, 0.1) is 13.7 Å². The van der Waals surface area contributed by atoms with E-state index in [2.05, 4.69) is 15.4 Å². The van der Waals surface area contributed by atoms with Crippen LogP contribution in [0.4, 0.5) is 4.39 Å². The molecule has 20 heavy (non-hydrogen) atoms. The second-order valence-electron chi connectivity index (χ2n) is 4.26. The fourth-order valence-corrected chi connectivity index (χ4v) is 1.80. The van der Waals surface area contributed by atoms with E-state index in [0.29, 0.717) is 0 Å². The third-order valence-electron chi connectivity index (χ3n) is 2.81. The molecule has 0 saturated heterocycles. The number of hydrogen-bond donors (Lipinski definition) is 1. The van der Waals surface area contributed by atoms with E-state index in [1.54, 1.807) is 12.1 Å². The molecule has 0 aromatic heterocycles. The molecule has 7 heteroatoms. The maximum atomic E-state index is 12.8. The summed E-state index contributed by atoms with van der Waals surface area (Å²) in [6.45, 7) is 0.197. The second-order valence-corrected chi connectivity index (χ2v) is 4.26. The summed E-state index contributed by atoms with van der Waals surface area (Å²) in [7, 11) is 1.32. The highest BCUT2D eigenvalue weighted by Crippen LogP contribution is 2.14. The molecule has 0 spiro atoms. The van der Waals surface area contributed by atoms with Crippen molar-refractivity contribution in [3.8, 4) is 0 Å². The Balaban J connectivity index is 2.12. The van der Waals surface area contributed by atoms with Crippen LogP contribution in [-0.2, 0) is 21.0 Å². The number of carbonyl (C=O) groups is 2. The van der Waals surface area contributed by atoms with E-state index in [1.807, 2.05) is 0 Å². The summed E-state index contributed by atoms with van der Waals surface area (Å²) in [5.41, 5.74) is 3.13. The Morgan fingerprint density at radius 3 is 2.75 bits per heavy atom. The van der Waals surface area contributed by atoms with Gasteiger partial charge in [-0.25, -0.2) is 14.9 Å². The first-order valence-corrected chi connectivity index (χ1v) is 6.06. The van der Waals surface area contributed by atoms with Crippen molar-refractivity contribution in [3.63, 3.8) is 0 Å². The number of nitrogens with one attached hydrogen (secondary N) is 1. The number of benzene rings is 1. The van der Waals surface area contributed by atoms with E-state index in [9.17, 15) is 14.0 Å². The summed E-state index contributed by atoms with van der Waals surface area (Å²) in [6, 6.07) is 5.77. The fourth-order valence-electron chi connectivity index (χ4n) is 1.80. The number of hydrogen-bond acceptors (Lipinski definition) is 4. The van der Waals surface area contributed by atoms with E-state index in [4.69, 9.17) is 0 Å². The van der Waals surface area contributed by atoms with Crippen molar-refractivity contribution >= 4 is 17.5 Å². The van der Waals surface area contributed by atoms with E-state index < -0.39 is 5.91 Å². The lowest BCUT2D eigenvalue weighted by atomic mass is 10.1. The molecule has 1 aromatic carbocycles. The smallest absolute Gasteiger partial charge is 0.277 e. The van der Waals surface area contributed by atoms with Gasteiger partial charge < -0.3 is 0 Å². The van der Waals surface area contributed by atoms with Crippen LogP contribution >= 0.6 is 0 Å². The van der Waals surface area contributed by atoms with Crippen molar-refractivity contribution in [2.24, 2.45) is 5.10 Å². The van der Waals surface area contributed by atoms with Crippen molar-refractivity contribution < 1.29 is 18.8 Å². The SMILES string of the molecule is CONC(=O)C1=NN(Cc2ccc(F)cc2)C(=O)CC1. The maximum absolute atomic E-state index is 12.8. The van der Waals surface area contributed by atoms with Crippen LogP contribution in [0.25, 0.3) is 0 Å². The first kappa shape index (κ1) is 14.1. The van der Waals surface area contributed by atoms with Gasteiger partial charge in [-0.3, -0.25) is 14.4 Å². The summed E-state index contributed by atoms with van der Waals surface area (Å²) < 4.78 is 12.8. The lowest BCUT2D eigenvalue weighted by Crippen LogP contribution is -2.38. The lowest BCUT2D eigenvalue weighted by Gasteiger charge is -2.23. The maximum Gasteiger partial charge on any atom is 0.291 e. The van der Waals surface area contributed by atoms with Crippen LogP contribution in [0.5, 0.6) is 0 Å². The quantitative estimate of drug-likeness (QED) is 0.835. The van der Waals surface area contributed by atoms with Gasteiger partial charge in [0, 0.05) is 12.8 Å². The molecule has 106 valence electrons. The van der Waals surface area contributed by atoms with Gasteiger partial charge in [0.2, 0.25) is 5.91 Å². The van der Waals surface area contributed by atoms with Crippen LogP contribution in [0, 0.1) is 5.82 Å². The molecular weight excluding hydrogens is 265 g/mol. The van der Waals surface area contributed by atoms with E-state index >= 15 is 0 Å². The van der Waals surface area contributed by atoms with Gasteiger partial charge in [0.1, 0.15) is 11.5 Å². The number of carbonyl (C=O) groups excluding carboxylic acids is 2. The molecule has 1 aromatic rings. The van der Waals surface area contributed by atoms with Crippen LogP contribution in [0.15, 0.2) is 29.4 Å². The summed E-state index contributed by atoms with van der Waals surface area (Å²) in [5, 5.41) is 5.22. The molecule has 1 aliphatic rings. The van der Waals surface area contributed by atoms with Gasteiger partial charge in [-0.2, -0.15) is 5.10 Å². The second kappa shape index (κ2) is 6.25. The number of hydrazone groups is 1. The Kier molecular flexibility index (Phi) is 4.41. The molecule has 1 N–H and O–H groups in total. The van der Waals surface area contributed by atoms with E-state index in [-0.39, 0.29) is 36.8 Å². The van der Waals surface area contributed by atoms with Crippen LogP contribution in [0.3, 0.4) is 0 Å². The van der Waals surface area contributed by atoms with Gasteiger partial charge in [-0.1, -0.05) is 12.1 Å². The van der Waals surface area contributed by atoms with E-state index in [0.717, 1.165) is 5.56 Å². The minimum Gasteiger partial charge on any atom is -0.277 e. The predicted octanol–water partition coefficient (Wildman–Crippen LogP) is 0.982. The molecule has 1 aliphatic heterocycles. The summed E-state index contributed by atoms with van der Waals surface area (Å²) >= 11 is 0. The van der Waals surface area contributed by atoms with E-state index in [1.165, 1.54) is 24.3 Å². The minimum absolute atomic E-state index is 0.178. The van der Waals surface area contributed by atoms with Crippen LogP contribution in [0.2, 0.25) is 0 Å². The molecule has 1 heterocycles. The van der Waals surface area contributed by atoms with Crippen molar-refractivity contribution in [1.29, 1.82) is 0 Å². The topological polar surface area (TPSA) is 71.0 Å². The summed E-state index contributed by atoms with van der Waals surface area (Å²) in [4.78, 5) is 27.9. The molecule has 6 nitrogen and oxygen atoms in total. The highest BCUT2D eigenvalue weighted by Gasteiger charge is 2.24. The first-order chi connectivity index (χ1) is 9.60. The van der Waals surface area contributed by atoms with Gasteiger partial charge in [-0.15, -0.1) is 0 Å². The Bertz CT molecular complexity index is 542. The van der Waals surface area contributed by atoms with Gasteiger partial charge >= 0.3 is 0 Å². The van der Waals surface area contributed by atoms with Crippen molar-refractivity contribution in [2.75, 3.05) is 7.11 Å². The standard InChI is InChI=1S/C13H14FN3O3/c1-20-16-13(19)11-6-7-12(18)17(15-11)8-9-2-4-10(14)5-3-9/h2-5H,6-8H2,1H3,(H,16,19). The molecule has 0 aliphatic carbocycles. The normalized spacial score (nSPS) is 15.0. The molecule has 0 fully saturated rings. The Labute approximate surface area is 115 Å². The predicted molar refractivity (Wildman–Crippen MR) is 68.8 cm³/mol. The number of hydroxylamine groups is 1. The molecule has 0 bridgehead atoms. The molecular formula is C13H14FN3O3. The number of rotatable bonds is 4. The largest absolute Gasteiger partial charge is 0.291 e. The lowest BCUT2D eigenvalue weighted by molar-refractivity contribution is -0.132. The zero-order valence-corrected chi connectivity index (χ0v) is 10.9. The van der Waals surface area contributed by atoms with Gasteiger partial charge in [-0.05, 0) is 17.7 Å². The monoisotopic (exact) mass is 279 g/mol. The zero-order chi connectivity index (χ0) is 14.5. The molecule has 0 saturated carbocycles. The van der Waals surface area contributed by atoms with Crippen molar-refractivity contribution in [3.05, 3.63) is 35.6 Å². The number of amides is 2. The van der Waals surface area contributed by atoms with Gasteiger partial charge in [0.25, 0.3) is 5.91 Å². The first-order valence-electron chi connectivity index (χ1n) is 6.06. The summed E-state index contributed by atoms with van der Waals surface area (Å²) in [6.07, 6.45) is 0.477. The fraction of sp³-hybridized carbons (Fsp3) is 0.308. The Morgan fingerprint density at radius 1 is 1.40 bits per heavy atom. The molecule has 0 atom stereocenters. The molecule has 2 amide bonds. The highest BCUT2D eigenvalue weighted by atomic mass is 19.1. The zero-order valence-electron chi connectivity index (χ0n) is 10.9. The Morgan fingerprint density at radius 2 is 2.10 bits per heavy atom. The van der Waals surface area contributed by atoms with Crippen molar-refractivity contribution in [1.82, 2.24) is 10.5 Å². The molecule has 0 radical (unpaired) electrons. The van der Waals surface area contributed by atoms with Crippen molar-refractivity contribution in [2.45, 2.75) is 19.4 Å². The average Bonchev–Trinajstić information content (AvgIpc) is 2.44. The third-order valence-corrected chi connectivity index (χ3v) is 2.81. The van der Waals surface area contributed by atoms with Crippen LogP contribution in [0.1, 0.15) is 18.4 Å². The van der Waals surface area contributed by atoms with Crippen LogP contribution < -0.4 is 5.48 Å². The van der Waals surface area contributed by atoms with Crippen LogP contribution in [-0.4, -0.2) is 29.6 Å². The third kappa shape index (κ3) is 3.39. The van der Waals surface area contributed by atoms with Gasteiger partial charge in [0.15, 0.2) is 0 Å².